The number of benzene rings is 1. The van der Waals surface area contributed by atoms with Gasteiger partial charge in [0.05, 0.1) is 6.54 Å². The summed E-state index contributed by atoms with van der Waals surface area (Å²) in [4.78, 5) is 13.9. The van der Waals surface area contributed by atoms with Crippen LogP contribution in [0.5, 0.6) is 5.75 Å². The first kappa shape index (κ1) is 15.5. The highest BCUT2D eigenvalue weighted by atomic mass is 35.5. The van der Waals surface area contributed by atoms with Crippen LogP contribution in [0.15, 0.2) is 24.3 Å². The highest BCUT2D eigenvalue weighted by molar-refractivity contribution is 6.30. The Labute approximate surface area is 136 Å². The summed E-state index contributed by atoms with van der Waals surface area (Å²) in [6.45, 7) is 1.02. The minimum absolute atomic E-state index is 0.0125. The zero-order valence-electron chi connectivity index (χ0n) is 12.9. The number of carbonyl (C=O) groups is 1. The second-order valence-corrected chi connectivity index (χ2v) is 6.81. The van der Waals surface area contributed by atoms with Crippen molar-refractivity contribution in [3.8, 4) is 5.75 Å². The maximum atomic E-state index is 12.3. The van der Waals surface area contributed by atoms with Crippen LogP contribution in [-0.4, -0.2) is 37.2 Å². The highest BCUT2D eigenvalue weighted by Gasteiger charge is 2.42. The number of ether oxygens (including phenoxy) is 1. The smallest absolute Gasteiger partial charge is 0.317 e. The SMILES string of the molecule is CN(CCOc1cccc(Cl)c1)C(=O)NC(C1CC1)C1CC1. The van der Waals surface area contributed by atoms with Gasteiger partial charge < -0.3 is 15.0 Å². The van der Waals surface area contributed by atoms with Crippen molar-refractivity contribution in [3.63, 3.8) is 0 Å². The molecule has 0 unspecified atom stereocenters. The summed E-state index contributed by atoms with van der Waals surface area (Å²) < 4.78 is 5.63. The molecule has 0 spiro atoms. The molecule has 0 aromatic heterocycles. The van der Waals surface area contributed by atoms with Crippen molar-refractivity contribution >= 4 is 17.6 Å². The highest BCUT2D eigenvalue weighted by Crippen LogP contribution is 2.44. The quantitative estimate of drug-likeness (QED) is 0.834. The predicted octanol–water partition coefficient (Wildman–Crippen LogP) is 3.55. The fraction of sp³-hybridized carbons (Fsp3) is 0.588. The Morgan fingerprint density at radius 2 is 2.05 bits per heavy atom. The van der Waals surface area contributed by atoms with Crippen molar-refractivity contribution < 1.29 is 9.53 Å². The van der Waals surface area contributed by atoms with Crippen molar-refractivity contribution in [1.82, 2.24) is 10.2 Å². The minimum atomic E-state index is 0.0125. The summed E-state index contributed by atoms with van der Waals surface area (Å²) in [5.74, 6) is 2.16. The molecule has 1 aromatic rings. The molecule has 1 N–H and O–H groups in total. The number of likely N-dealkylation sites (N-methyl/N-ethyl adjacent to an activating group) is 1. The van der Waals surface area contributed by atoms with Crippen LogP contribution < -0.4 is 10.1 Å². The van der Waals surface area contributed by atoms with E-state index < -0.39 is 0 Å². The molecule has 0 bridgehead atoms. The first-order valence-corrected chi connectivity index (χ1v) is 8.41. The van der Waals surface area contributed by atoms with E-state index in [1.165, 1.54) is 25.7 Å². The van der Waals surface area contributed by atoms with Gasteiger partial charge in [-0.15, -0.1) is 0 Å². The first-order chi connectivity index (χ1) is 10.6. The van der Waals surface area contributed by atoms with E-state index in [1.54, 1.807) is 11.0 Å². The van der Waals surface area contributed by atoms with Gasteiger partial charge in [-0.3, -0.25) is 0 Å². The average molecular weight is 323 g/mol. The molecule has 0 aliphatic heterocycles. The van der Waals surface area contributed by atoms with Crippen LogP contribution >= 0.6 is 11.6 Å². The Hall–Kier alpha value is -1.42. The van der Waals surface area contributed by atoms with E-state index in [0.29, 0.717) is 36.1 Å². The molecule has 0 radical (unpaired) electrons. The molecule has 3 rings (SSSR count). The fourth-order valence-electron chi connectivity index (χ4n) is 2.74. The van der Waals surface area contributed by atoms with Crippen LogP contribution in [-0.2, 0) is 0 Å². The molecular weight excluding hydrogens is 300 g/mol. The van der Waals surface area contributed by atoms with E-state index in [4.69, 9.17) is 16.3 Å². The maximum Gasteiger partial charge on any atom is 0.317 e. The van der Waals surface area contributed by atoms with Gasteiger partial charge in [0.2, 0.25) is 0 Å². The van der Waals surface area contributed by atoms with Crippen LogP contribution in [0.4, 0.5) is 4.79 Å². The van der Waals surface area contributed by atoms with Gasteiger partial charge in [0.25, 0.3) is 0 Å². The van der Waals surface area contributed by atoms with E-state index in [2.05, 4.69) is 5.32 Å². The monoisotopic (exact) mass is 322 g/mol. The average Bonchev–Trinajstić information content (AvgIpc) is 3.38. The van der Waals surface area contributed by atoms with Gasteiger partial charge in [-0.25, -0.2) is 4.79 Å². The summed E-state index contributed by atoms with van der Waals surface area (Å²) in [6.07, 6.45) is 5.07. The zero-order chi connectivity index (χ0) is 15.5. The third kappa shape index (κ3) is 4.29. The van der Waals surface area contributed by atoms with Gasteiger partial charge >= 0.3 is 6.03 Å². The Kier molecular flexibility index (Phi) is 4.77. The Morgan fingerprint density at radius 1 is 1.36 bits per heavy atom. The number of hydrogen-bond acceptors (Lipinski definition) is 2. The van der Waals surface area contributed by atoms with Crippen LogP contribution in [0.3, 0.4) is 0 Å². The molecule has 2 aliphatic carbocycles. The number of urea groups is 1. The molecule has 0 atom stereocenters. The van der Waals surface area contributed by atoms with Gasteiger partial charge in [-0.05, 0) is 55.7 Å². The van der Waals surface area contributed by atoms with Crippen molar-refractivity contribution in [2.24, 2.45) is 11.8 Å². The van der Waals surface area contributed by atoms with Crippen LogP contribution in [0.1, 0.15) is 25.7 Å². The van der Waals surface area contributed by atoms with E-state index >= 15 is 0 Å². The summed E-state index contributed by atoms with van der Waals surface area (Å²) in [6, 6.07) is 7.70. The van der Waals surface area contributed by atoms with Crippen molar-refractivity contribution in [1.29, 1.82) is 0 Å². The second kappa shape index (κ2) is 6.78. The van der Waals surface area contributed by atoms with Crippen molar-refractivity contribution in [3.05, 3.63) is 29.3 Å². The number of hydrogen-bond donors (Lipinski definition) is 1. The molecular formula is C17H23ClN2O2. The Balaban J connectivity index is 1.41. The molecule has 2 fully saturated rings. The molecule has 0 saturated heterocycles. The van der Waals surface area contributed by atoms with Crippen molar-refractivity contribution in [2.75, 3.05) is 20.2 Å². The number of rotatable bonds is 7. The molecule has 2 amide bonds. The molecule has 4 nitrogen and oxygen atoms in total. The van der Waals surface area contributed by atoms with E-state index in [9.17, 15) is 4.79 Å². The number of carbonyl (C=O) groups excluding carboxylic acids is 1. The van der Waals surface area contributed by atoms with E-state index in [1.807, 2.05) is 25.2 Å². The normalized spacial score (nSPS) is 17.4. The molecule has 120 valence electrons. The third-order valence-corrected chi connectivity index (χ3v) is 4.62. The Morgan fingerprint density at radius 3 is 2.64 bits per heavy atom. The van der Waals surface area contributed by atoms with Gasteiger partial charge in [0, 0.05) is 18.1 Å². The van der Waals surface area contributed by atoms with Gasteiger partial charge in [-0.2, -0.15) is 0 Å². The number of nitrogens with one attached hydrogen (secondary N) is 1. The summed E-state index contributed by atoms with van der Waals surface area (Å²) in [5.41, 5.74) is 0. The maximum absolute atomic E-state index is 12.3. The largest absolute Gasteiger partial charge is 0.492 e. The van der Waals surface area contributed by atoms with Crippen LogP contribution in [0, 0.1) is 11.8 Å². The number of nitrogens with zero attached hydrogens (tertiary/aromatic N) is 1. The van der Waals surface area contributed by atoms with E-state index in [0.717, 1.165) is 5.75 Å². The van der Waals surface area contributed by atoms with Gasteiger partial charge in [-0.1, -0.05) is 17.7 Å². The summed E-state index contributed by atoms with van der Waals surface area (Å²) in [5, 5.41) is 3.86. The van der Waals surface area contributed by atoms with Crippen LogP contribution in [0.25, 0.3) is 0 Å². The zero-order valence-corrected chi connectivity index (χ0v) is 13.7. The fourth-order valence-corrected chi connectivity index (χ4v) is 2.92. The minimum Gasteiger partial charge on any atom is -0.492 e. The third-order valence-electron chi connectivity index (χ3n) is 4.39. The predicted molar refractivity (Wildman–Crippen MR) is 87.3 cm³/mol. The number of halogens is 1. The van der Waals surface area contributed by atoms with Gasteiger partial charge in [0.1, 0.15) is 12.4 Å². The van der Waals surface area contributed by atoms with Gasteiger partial charge in [0.15, 0.2) is 0 Å². The lowest BCUT2D eigenvalue weighted by atomic mass is 10.1. The van der Waals surface area contributed by atoms with Crippen molar-refractivity contribution in [2.45, 2.75) is 31.7 Å². The first-order valence-electron chi connectivity index (χ1n) is 8.03. The van der Waals surface area contributed by atoms with Crippen LogP contribution in [0.2, 0.25) is 5.02 Å². The lowest BCUT2D eigenvalue weighted by molar-refractivity contribution is 0.188. The molecule has 0 heterocycles. The topological polar surface area (TPSA) is 41.6 Å². The molecule has 2 aliphatic rings. The lowest BCUT2D eigenvalue weighted by Gasteiger charge is -2.23. The Bertz CT molecular complexity index is 517. The second-order valence-electron chi connectivity index (χ2n) is 6.38. The molecule has 1 aromatic carbocycles. The lowest BCUT2D eigenvalue weighted by Crippen LogP contribution is -2.46. The molecule has 5 heteroatoms. The molecule has 22 heavy (non-hydrogen) atoms. The standard InChI is InChI=1S/C17H23ClN2O2/c1-20(9-10-22-15-4-2-3-14(18)11-15)17(21)19-16(12-5-6-12)13-7-8-13/h2-4,11-13,16H,5-10H2,1H3,(H,19,21). The summed E-state index contributed by atoms with van der Waals surface area (Å²) >= 11 is 5.91. The number of amides is 2. The molecule has 2 saturated carbocycles. The van der Waals surface area contributed by atoms with E-state index in [-0.39, 0.29) is 6.03 Å². The summed E-state index contributed by atoms with van der Waals surface area (Å²) in [7, 11) is 1.81.